The van der Waals surface area contributed by atoms with Crippen molar-refractivity contribution in [3.05, 3.63) is 77.4 Å². The molecule has 0 saturated carbocycles. The number of aromatic nitrogens is 1. The molecule has 0 spiro atoms. The van der Waals surface area contributed by atoms with E-state index >= 15 is 0 Å². The summed E-state index contributed by atoms with van der Waals surface area (Å²) < 4.78 is 10.4. The number of ether oxygens (including phenoxy) is 2. The number of pyridine rings is 1. The first kappa shape index (κ1) is 25.8. The van der Waals surface area contributed by atoms with Crippen molar-refractivity contribution >= 4 is 41.1 Å². The van der Waals surface area contributed by atoms with Crippen molar-refractivity contribution in [2.45, 2.75) is 15.2 Å². The fourth-order valence-electron chi connectivity index (χ4n) is 3.83. The number of benzene rings is 2. The van der Waals surface area contributed by atoms with Gasteiger partial charge < -0.3 is 15.2 Å². The molecule has 0 saturated heterocycles. The molecule has 37 heavy (non-hydrogen) atoms. The standard InChI is InChI=1S/C27H20N4O4S2/c1-3-11-35-16-9-7-15(8-10-16)22-19(12-28)25(30)31-26(20(22)13-29)37-21-14-36-24-17(23(21)32)5-4-6-18(24)27(33)34-2/h3-10,21H,1,11,14H2,2H3,(H2,30,31). The first-order chi connectivity index (χ1) is 17.9. The molecule has 1 aromatic heterocycles. The summed E-state index contributed by atoms with van der Waals surface area (Å²) in [5.41, 5.74) is 8.06. The second-order valence-electron chi connectivity index (χ2n) is 7.73. The Balaban J connectivity index is 1.73. The number of hydrogen-bond acceptors (Lipinski definition) is 10. The van der Waals surface area contributed by atoms with Crippen LogP contribution in [0.3, 0.4) is 0 Å². The Hall–Kier alpha value is -4.25. The lowest BCUT2D eigenvalue weighted by Crippen LogP contribution is -2.26. The average Bonchev–Trinajstić information content (AvgIpc) is 2.92. The smallest absolute Gasteiger partial charge is 0.339 e. The van der Waals surface area contributed by atoms with Crippen LogP contribution < -0.4 is 10.5 Å². The number of nitrogens with two attached hydrogens (primary N) is 1. The summed E-state index contributed by atoms with van der Waals surface area (Å²) in [5, 5.41) is 19.6. The minimum atomic E-state index is -0.583. The lowest BCUT2D eigenvalue weighted by atomic mass is 9.97. The van der Waals surface area contributed by atoms with Crippen molar-refractivity contribution in [3.63, 3.8) is 0 Å². The number of nitrogens with zero attached hydrogens (tertiary/aromatic N) is 3. The SMILES string of the molecule is C=CCOc1ccc(-c2c(C#N)c(N)nc(SC3CSc4c(C(=O)OC)cccc4C3=O)c2C#N)cc1. The number of carbonyl (C=O) groups excluding carboxylic acids is 2. The largest absolute Gasteiger partial charge is 0.490 e. The number of carbonyl (C=O) groups is 2. The van der Waals surface area contributed by atoms with E-state index < -0.39 is 11.2 Å². The fourth-order valence-corrected chi connectivity index (χ4v) is 6.33. The van der Waals surface area contributed by atoms with Crippen LogP contribution >= 0.6 is 23.5 Å². The van der Waals surface area contributed by atoms with Gasteiger partial charge in [-0.2, -0.15) is 10.5 Å². The van der Waals surface area contributed by atoms with Gasteiger partial charge in [-0.3, -0.25) is 4.79 Å². The molecule has 10 heteroatoms. The van der Waals surface area contributed by atoms with Crippen molar-refractivity contribution in [3.8, 4) is 29.0 Å². The number of fused-ring (bicyclic) bond motifs is 1. The second kappa shape index (κ2) is 11.2. The first-order valence-corrected chi connectivity index (χ1v) is 12.8. The van der Waals surface area contributed by atoms with Crippen LogP contribution in [0, 0.1) is 22.7 Å². The zero-order valence-corrected chi connectivity index (χ0v) is 21.3. The van der Waals surface area contributed by atoms with Crippen LogP contribution in [0.25, 0.3) is 11.1 Å². The van der Waals surface area contributed by atoms with Gasteiger partial charge in [-0.1, -0.05) is 48.7 Å². The third kappa shape index (κ3) is 5.03. The van der Waals surface area contributed by atoms with Crippen molar-refractivity contribution < 1.29 is 19.1 Å². The Labute approximate surface area is 222 Å². The molecule has 2 N–H and O–H groups in total. The topological polar surface area (TPSA) is 139 Å². The third-order valence-corrected chi connectivity index (χ3v) is 8.16. The number of nitrogen functional groups attached to an aromatic ring is 1. The molecule has 0 radical (unpaired) electrons. The highest BCUT2D eigenvalue weighted by Crippen LogP contribution is 2.42. The molecule has 1 unspecified atom stereocenters. The molecule has 2 heterocycles. The van der Waals surface area contributed by atoms with Crippen LogP contribution in [0.5, 0.6) is 5.75 Å². The number of nitriles is 2. The van der Waals surface area contributed by atoms with Gasteiger partial charge >= 0.3 is 5.97 Å². The number of esters is 1. The normalized spacial score (nSPS) is 14.1. The van der Waals surface area contributed by atoms with Crippen molar-refractivity contribution in [1.29, 1.82) is 10.5 Å². The van der Waals surface area contributed by atoms with Crippen LogP contribution in [0.1, 0.15) is 31.8 Å². The molecule has 1 atom stereocenters. The number of thioether (sulfide) groups is 2. The van der Waals surface area contributed by atoms with Crippen LogP contribution in [0.2, 0.25) is 0 Å². The minimum absolute atomic E-state index is 0.0322. The first-order valence-electron chi connectivity index (χ1n) is 11.0. The summed E-state index contributed by atoms with van der Waals surface area (Å²) in [4.78, 5) is 30.4. The number of ketones is 1. The molecule has 0 amide bonds. The van der Waals surface area contributed by atoms with E-state index in [0.717, 1.165) is 11.8 Å². The molecule has 1 aliphatic heterocycles. The zero-order chi connectivity index (χ0) is 26.5. The van der Waals surface area contributed by atoms with Gasteiger partial charge in [-0.25, -0.2) is 9.78 Å². The molecule has 0 bridgehead atoms. The fraction of sp³-hybridized carbons (Fsp3) is 0.148. The molecule has 0 aliphatic carbocycles. The quantitative estimate of drug-likeness (QED) is 0.333. The van der Waals surface area contributed by atoms with Gasteiger partial charge in [0.1, 0.15) is 40.9 Å². The number of hydrogen-bond donors (Lipinski definition) is 1. The van der Waals surface area contributed by atoms with E-state index in [1.807, 2.05) is 0 Å². The molecule has 8 nitrogen and oxygen atoms in total. The van der Waals surface area contributed by atoms with E-state index in [9.17, 15) is 20.1 Å². The van der Waals surface area contributed by atoms with Crippen LogP contribution in [-0.2, 0) is 4.74 Å². The molecular weight excluding hydrogens is 508 g/mol. The number of anilines is 1. The van der Waals surface area contributed by atoms with E-state index in [-0.39, 0.29) is 27.8 Å². The number of Topliss-reactive ketones (excluding diaryl/α,β-unsaturated/α-hetero) is 1. The molecule has 1 aliphatic rings. The van der Waals surface area contributed by atoms with E-state index in [4.69, 9.17) is 15.2 Å². The third-order valence-electron chi connectivity index (χ3n) is 5.54. The second-order valence-corrected chi connectivity index (χ2v) is 9.95. The molecule has 0 fully saturated rings. The summed E-state index contributed by atoms with van der Waals surface area (Å²) in [7, 11) is 1.29. The van der Waals surface area contributed by atoms with Gasteiger partial charge in [0, 0.05) is 21.8 Å². The lowest BCUT2D eigenvalue weighted by molar-refractivity contribution is 0.0596. The Kier molecular flexibility index (Phi) is 7.83. The van der Waals surface area contributed by atoms with E-state index in [1.54, 1.807) is 48.5 Å². The number of rotatable bonds is 7. The van der Waals surface area contributed by atoms with Gasteiger partial charge in [0.2, 0.25) is 0 Å². The Morgan fingerprint density at radius 2 is 1.97 bits per heavy atom. The van der Waals surface area contributed by atoms with Gasteiger partial charge in [0.15, 0.2) is 5.78 Å². The summed E-state index contributed by atoms with van der Waals surface area (Å²) in [6.07, 6.45) is 1.63. The molecule has 184 valence electrons. The summed E-state index contributed by atoms with van der Waals surface area (Å²) in [6.45, 7) is 3.96. The maximum Gasteiger partial charge on any atom is 0.339 e. The van der Waals surface area contributed by atoms with Gasteiger partial charge in [-0.15, -0.1) is 11.8 Å². The van der Waals surface area contributed by atoms with E-state index in [0.29, 0.717) is 45.3 Å². The summed E-state index contributed by atoms with van der Waals surface area (Å²) in [5.74, 6) is 0.217. The van der Waals surface area contributed by atoms with Crippen molar-refractivity contribution in [2.24, 2.45) is 0 Å². The van der Waals surface area contributed by atoms with Gasteiger partial charge in [0.25, 0.3) is 0 Å². The van der Waals surface area contributed by atoms with Gasteiger partial charge in [0.05, 0.1) is 23.5 Å². The molecule has 2 aromatic carbocycles. The Morgan fingerprint density at radius 1 is 1.24 bits per heavy atom. The Bertz CT molecular complexity index is 1490. The average molecular weight is 529 g/mol. The van der Waals surface area contributed by atoms with Crippen LogP contribution in [0.4, 0.5) is 5.82 Å². The lowest BCUT2D eigenvalue weighted by Gasteiger charge is -2.24. The van der Waals surface area contributed by atoms with Crippen LogP contribution in [0.15, 0.2) is 65.0 Å². The maximum absolute atomic E-state index is 13.4. The highest BCUT2D eigenvalue weighted by molar-refractivity contribution is 8.04. The Morgan fingerprint density at radius 3 is 2.62 bits per heavy atom. The molecular formula is C27H20N4O4S2. The minimum Gasteiger partial charge on any atom is -0.490 e. The monoisotopic (exact) mass is 528 g/mol. The highest BCUT2D eigenvalue weighted by Gasteiger charge is 2.33. The van der Waals surface area contributed by atoms with E-state index in [1.165, 1.54) is 18.9 Å². The van der Waals surface area contributed by atoms with E-state index in [2.05, 4.69) is 23.7 Å². The highest BCUT2D eigenvalue weighted by atomic mass is 32.2. The molecule has 4 rings (SSSR count). The maximum atomic E-state index is 13.4. The predicted octanol–water partition coefficient (Wildman–Crippen LogP) is 4.87. The summed E-state index contributed by atoms with van der Waals surface area (Å²) in [6, 6.07) is 16.0. The van der Waals surface area contributed by atoms with Crippen LogP contribution in [-0.4, -0.2) is 41.5 Å². The predicted molar refractivity (Wildman–Crippen MR) is 142 cm³/mol. The summed E-state index contributed by atoms with van der Waals surface area (Å²) >= 11 is 2.48. The van der Waals surface area contributed by atoms with Crippen molar-refractivity contribution in [1.82, 2.24) is 4.98 Å². The van der Waals surface area contributed by atoms with Crippen molar-refractivity contribution in [2.75, 3.05) is 25.2 Å². The zero-order valence-electron chi connectivity index (χ0n) is 19.7. The number of methoxy groups -OCH3 is 1. The molecule has 3 aromatic rings. The van der Waals surface area contributed by atoms with Gasteiger partial charge in [-0.05, 0) is 23.8 Å².